The lowest BCUT2D eigenvalue weighted by Crippen LogP contribution is -2.51. The van der Waals surface area contributed by atoms with E-state index >= 15 is 0 Å². The highest BCUT2D eigenvalue weighted by Gasteiger charge is 2.31. The summed E-state index contributed by atoms with van der Waals surface area (Å²) in [6.07, 6.45) is 0.567. The number of esters is 1. The van der Waals surface area contributed by atoms with Crippen molar-refractivity contribution in [3.05, 3.63) is 40.6 Å². The van der Waals surface area contributed by atoms with Crippen molar-refractivity contribution in [1.82, 2.24) is 10.6 Å². The molecule has 0 bridgehead atoms. The van der Waals surface area contributed by atoms with E-state index in [0.717, 1.165) is 0 Å². The Morgan fingerprint density at radius 1 is 1.30 bits per heavy atom. The van der Waals surface area contributed by atoms with Gasteiger partial charge in [0.15, 0.2) is 0 Å². The summed E-state index contributed by atoms with van der Waals surface area (Å²) in [5.74, 6) is 0.00955. The molecule has 0 unspecified atom stereocenters. The zero-order chi connectivity index (χ0) is 16.8. The topological polar surface area (TPSA) is 76.7 Å². The average Bonchev–Trinajstić information content (AvgIpc) is 2.53. The number of para-hydroxylation sites is 1. The molecule has 0 aliphatic carbocycles. The maximum absolute atomic E-state index is 12.2. The second-order valence-corrected chi connectivity index (χ2v) is 5.30. The number of nitrogens with one attached hydrogen (secondary N) is 2. The molecule has 1 aromatic rings. The van der Waals surface area contributed by atoms with Gasteiger partial charge in [-0.05, 0) is 25.5 Å². The zero-order valence-electron chi connectivity index (χ0n) is 13.0. The third-order valence-corrected chi connectivity index (χ3v) is 3.67. The number of benzene rings is 1. The Morgan fingerprint density at radius 2 is 2.04 bits per heavy atom. The molecule has 124 valence electrons. The van der Waals surface area contributed by atoms with E-state index < -0.39 is 12.0 Å². The van der Waals surface area contributed by atoms with Crippen LogP contribution in [-0.4, -0.2) is 31.3 Å². The van der Waals surface area contributed by atoms with Gasteiger partial charge in [-0.2, -0.15) is 0 Å². The number of hydrogen-bond acceptors (Lipinski definition) is 4. The van der Waals surface area contributed by atoms with E-state index in [9.17, 15) is 9.59 Å². The highest BCUT2D eigenvalue weighted by atomic mass is 35.5. The summed E-state index contributed by atoms with van der Waals surface area (Å²) in [7, 11) is 0. The van der Waals surface area contributed by atoms with Crippen molar-refractivity contribution in [2.45, 2.75) is 26.3 Å². The van der Waals surface area contributed by atoms with Crippen LogP contribution in [0, 0.1) is 0 Å². The molecule has 1 atom stereocenters. The van der Waals surface area contributed by atoms with E-state index in [2.05, 4.69) is 10.6 Å². The van der Waals surface area contributed by atoms with Gasteiger partial charge in [0, 0.05) is 0 Å². The quantitative estimate of drug-likeness (QED) is 0.782. The van der Waals surface area contributed by atoms with Crippen LogP contribution in [0.4, 0.5) is 4.79 Å². The lowest BCUT2D eigenvalue weighted by Gasteiger charge is -2.28. The number of ether oxygens (including phenoxy) is 2. The van der Waals surface area contributed by atoms with Crippen LogP contribution in [0.2, 0.25) is 5.02 Å². The monoisotopic (exact) mass is 338 g/mol. The Hall–Kier alpha value is -2.21. The van der Waals surface area contributed by atoms with Crippen LogP contribution in [0.1, 0.15) is 20.3 Å². The van der Waals surface area contributed by atoms with Gasteiger partial charge in [0.2, 0.25) is 0 Å². The van der Waals surface area contributed by atoms with Crippen LogP contribution in [0.5, 0.6) is 5.75 Å². The molecule has 2 amide bonds. The Balaban J connectivity index is 2.26. The number of halogens is 1. The normalized spacial score (nSPS) is 17.3. The molecule has 0 spiro atoms. The summed E-state index contributed by atoms with van der Waals surface area (Å²) in [6.45, 7) is 3.88. The molecule has 1 aromatic carbocycles. The van der Waals surface area contributed by atoms with Crippen molar-refractivity contribution in [3.63, 3.8) is 0 Å². The van der Waals surface area contributed by atoms with Gasteiger partial charge in [-0.15, -0.1) is 0 Å². The number of carbonyl (C=O) groups is 2. The number of carbonyl (C=O) groups excluding carboxylic acids is 2. The van der Waals surface area contributed by atoms with E-state index in [1.165, 1.54) is 0 Å². The first-order valence-corrected chi connectivity index (χ1v) is 7.79. The van der Waals surface area contributed by atoms with Gasteiger partial charge in [0.05, 0.1) is 28.9 Å². The number of amides is 2. The van der Waals surface area contributed by atoms with Gasteiger partial charge in [0.25, 0.3) is 0 Å². The molecule has 0 radical (unpaired) electrons. The summed E-state index contributed by atoms with van der Waals surface area (Å²) in [4.78, 5) is 24.0. The Labute approximate surface area is 139 Å². The summed E-state index contributed by atoms with van der Waals surface area (Å²) in [5, 5.41) is 5.78. The molecule has 7 heteroatoms. The highest BCUT2D eigenvalue weighted by molar-refractivity contribution is 6.32. The standard InChI is InChI=1S/C16H19ClN2O4/c1-3-11-14(15(20)22-4-2)12(19-16(21)18-11)9-23-13-8-6-5-7-10(13)17/h5-8,11H,3-4,9H2,1-2H3,(H2,18,19,21)/t11-/m0/s1. The van der Waals surface area contributed by atoms with Gasteiger partial charge >= 0.3 is 12.0 Å². The second kappa shape index (κ2) is 7.87. The van der Waals surface area contributed by atoms with Gasteiger partial charge < -0.3 is 20.1 Å². The van der Waals surface area contributed by atoms with Crippen LogP contribution >= 0.6 is 11.6 Å². The predicted octanol–water partition coefficient (Wildman–Crippen LogP) is 2.63. The summed E-state index contributed by atoms with van der Waals surface area (Å²) < 4.78 is 10.7. The SMILES string of the molecule is CCOC(=O)C1=C(COc2ccccc2Cl)NC(=O)N[C@H]1CC. The van der Waals surface area contributed by atoms with Gasteiger partial charge in [-0.3, -0.25) is 0 Å². The fraction of sp³-hybridized carbons (Fsp3) is 0.375. The van der Waals surface area contributed by atoms with Gasteiger partial charge in [0.1, 0.15) is 12.4 Å². The molecule has 0 aromatic heterocycles. The molecule has 2 N–H and O–H groups in total. The Morgan fingerprint density at radius 3 is 2.70 bits per heavy atom. The van der Waals surface area contributed by atoms with Crippen LogP contribution < -0.4 is 15.4 Å². The third kappa shape index (κ3) is 4.16. The first-order valence-electron chi connectivity index (χ1n) is 7.41. The van der Waals surface area contributed by atoms with Crippen molar-refractivity contribution >= 4 is 23.6 Å². The number of hydrogen-bond donors (Lipinski definition) is 2. The fourth-order valence-corrected chi connectivity index (χ4v) is 2.48. The molecule has 0 fully saturated rings. The number of urea groups is 1. The summed E-state index contributed by atoms with van der Waals surface area (Å²) >= 11 is 6.04. The van der Waals surface area contributed by atoms with E-state index in [1.54, 1.807) is 31.2 Å². The lowest BCUT2D eigenvalue weighted by molar-refractivity contribution is -0.139. The first kappa shape index (κ1) is 17.1. The molecule has 0 saturated carbocycles. The second-order valence-electron chi connectivity index (χ2n) is 4.89. The van der Waals surface area contributed by atoms with Crippen molar-refractivity contribution in [3.8, 4) is 5.75 Å². The van der Waals surface area contributed by atoms with Crippen molar-refractivity contribution < 1.29 is 19.1 Å². The minimum absolute atomic E-state index is 0.0157. The zero-order valence-corrected chi connectivity index (χ0v) is 13.8. The number of rotatable bonds is 6. The van der Waals surface area contributed by atoms with Gasteiger partial charge in [-0.25, -0.2) is 9.59 Å². The molecule has 1 aliphatic heterocycles. The molecule has 1 aliphatic rings. The molecule has 6 nitrogen and oxygen atoms in total. The fourth-order valence-electron chi connectivity index (χ4n) is 2.29. The summed E-state index contributed by atoms with van der Waals surface area (Å²) in [6, 6.07) is 6.21. The van der Waals surface area contributed by atoms with E-state index in [4.69, 9.17) is 21.1 Å². The maximum Gasteiger partial charge on any atom is 0.338 e. The first-order chi connectivity index (χ1) is 11.1. The maximum atomic E-state index is 12.2. The van der Waals surface area contributed by atoms with Crippen molar-refractivity contribution in [2.75, 3.05) is 13.2 Å². The molecular formula is C16H19ClN2O4. The van der Waals surface area contributed by atoms with E-state index in [-0.39, 0.29) is 19.2 Å². The molecule has 0 saturated heterocycles. The average molecular weight is 339 g/mol. The van der Waals surface area contributed by atoms with Gasteiger partial charge in [-0.1, -0.05) is 30.7 Å². The minimum Gasteiger partial charge on any atom is -0.486 e. The largest absolute Gasteiger partial charge is 0.486 e. The molecular weight excluding hydrogens is 320 g/mol. The van der Waals surface area contributed by atoms with E-state index in [1.807, 2.05) is 6.92 Å². The highest BCUT2D eigenvalue weighted by Crippen LogP contribution is 2.24. The molecule has 2 rings (SSSR count). The smallest absolute Gasteiger partial charge is 0.338 e. The van der Waals surface area contributed by atoms with Crippen LogP contribution in [0.25, 0.3) is 0 Å². The molecule has 23 heavy (non-hydrogen) atoms. The minimum atomic E-state index is -0.468. The Bertz CT molecular complexity index is 630. The lowest BCUT2D eigenvalue weighted by atomic mass is 10.0. The Kier molecular flexibility index (Phi) is 5.87. The van der Waals surface area contributed by atoms with E-state index in [0.29, 0.717) is 28.5 Å². The van der Waals surface area contributed by atoms with Crippen LogP contribution in [0.3, 0.4) is 0 Å². The van der Waals surface area contributed by atoms with Crippen LogP contribution in [0.15, 0.2) is 35.5 Å². The molecule has 1 heterocycles. The predicted molar refractivity (Wildman–Crippen MR) is 86.4 cm³/mol. The van der Waals surface area contributed by atoms with Crippen molar-refractivity contribution in [1.29, 1.82) is 0 Å². The van der Waals surface area contributed by atoms with Crippen molar-refractivity contribution in [2.24, 2.45) is 0 Å². The summed E-state index contributed by atoms with van der Waals surface area (Å²) in [5.41, 5.74) is 0.764. The van der Waals surface area contributed by atoms with Crippen LogP contribution in [-0.2, 0) is 9.53 Å². The third-order valence-electron chi connectivity index (χ3n) is 3.36.